The fourth-order valence-corrected chi connectivity index (χ4v) is 0.920. The molecule has 0 fully saturated rings. The van der Waals surface area contributed by atoms with Gasteiger partial charge in [-0.3, -0.25) is 0 Å². The van der Waals surface area contributed by atoms with Crippen LogP contribution in [0, 0.1) is 5.82 Å². The van der Waals surface area contributed by atoms with Crippen LogP contribution in [-0.4, -0.2) is 4.32 Å². The van der Waals surface area contributed by atoms with Crippen molar-refractivity contribution in [1.82, 2.24) is 0 Å². The van der Waals surface area contributed by atoms with E-state index in [-0.39, 0.29) is 10.1 Å². The van der Waals surface area contributed by atoms with Gasteiger partial charge in [0.15, 0.2) is 0 Å². The Bertz CT molecular complexity index is 275. The molecule has 0 aliphatic carbocycles. The molecule has 1 aromatic rings. The zero-order valence-corrected chi connectivity index (χ0v) is 7.14. The highest BCUT2D eigenvalue weighted by atomic mass is 32.1. The number of rotatable bonds is 1. The molecule has 0 saturated heterocycles. The fourth-order valence-electron chi connectivity index (χ4n) is 0.684. The van der Waals surface area contributed by atoms with Gasteiger partial charge in [-0.05, 0) is 18.2 Å². The van der Waals surface area contributed by atoms with E-state index in [0.29, 0.717) is 5.69 Å². The highest BCUT2D eigenvalue weighted by molar-refractivity contribution is 8.00. The topological polar surface area (TPSA) is 12.0 Å². The van der Waals surface area contributed by atoms with E-state index in [2.05, 4.69) is 30.2 Å². The third-order valence-electron chi connectivity index (χ3n) is 1.07. The average molecular weight is 186 g/mol. The van der Waals surface area contributed by atoms with E-state index in [9.17, 15) is 4.39 Å². The zero-order chi connectivity index (χ0) is 8.27. The lowest BCUT2D eigenvalue weighted by Crippen LogP contribution is -2.03. The molecule has 1 aromatic carbocycles. The van der Waals surface area contributed by atoms with E-state index < -0.39 is 0 Å². The highest BCUT2D eigenvalue weighted by Crippen LogP contribution is 2.08. The summed E-state index contributed by atoms with van der Waals surface area (Å²) in [5.74, 6) is -0.304. The molecule has 11 heavy (non-hydrogen) atoms. The lowest BCUT2D eigenvalue weighted by atomic mass is 10.3. The van der Waals surface area contributed by atoms with Crippen molar-refractivity contribution in [3.63, 3.8) is 0 Å². The van der Waals surface area contributed by atoms with Crippen LogP contribution in [0.15, 0.2) is 24.3 Å². The van der Waals surface area contributed by atoms with E-state index in [1.807, 2.05) is 0 Å². The minimum Gasteiger partial charge on any atom is -0.411 e. The van der Waals surface area contributed by atoms with Crippen molar-refractivity contribution in [2.24, 2.45) is 0 Å². The van der Waals surface area contributed by atoms with Gasteiger partial charge in [0, 0.05) is 5.69 Å². The van der Waals surface area contributed by atoms with Gasteiger partial charge in [0.05, 0.1) is 0 Å². The number of thiocarbonyl (C=S) groups is 1. The first-order valence-electron chi connectivity index (χ1n) is 2.92. The summed E-state index contributed by atoms with van der Waals surface area (Å²) in [6, 6.07) is 5.98. The second kappa shape index (κ2) is 3.59. The van der Waals surface area contributed by atoms with E-state index in [4.69, 9.17) is 0 Å². The molecule has 0 unspecified atom stereocenters. The van der Waals surface area contributed by atoms with Crippen LogP contribution in [0.1, 0.15) is 0 Å². The van der Waals surface area contributed by atoms with Crippen molar-refractivity contribution >= 4 is 34.9 Å². The van der Waals surface area contributed by atoms with Crippen LogP contribution in [0.3, 0.4) is 0 Å². The molecule has 4 heteroatoms. The van der Waals surface area contributed by atoms with Crippen molar-refractivity contribution in [3.8, 4) is 0 Å². The molecule has 0 saturated carbocycles. The largest absolute Gasteiger partial charge is 0.411 e. The Labute approximate surface area is 75.0 Å². The summed E-state index contributed by atoms with van der Waals surface area (Å²) in [5, 5.41) is 2.65. The van der Waals surface area contributed by atoms with Gasteiger partial charge >= 0.3 is 0 Å². The van der Waals surface area contributed by atoms with Gasteiger partial charge < -0.3 is 30.2 Å². The van der Waals surface area contributed by atoms with Gasteiger partial charge in [-0.1, -0.05) is 10.4 Å². The van der Waals surface area contributed by atoms with Gasteiger partial charge in [0.2, 0.25) is 0 Å². The number of anilines is 1. The lowest BCUT2D eigenvalue weighted by Gasteiger charge is -2.08. The minimum absolute atomic E-state index is 0.218. The van der Waals surface area contributed by atoms with E-state index in [0.717, 1.165) is 0 Å². The van der Waals surface area contributed by atoms with Crippen LogP contribution in [-0.2, 0) is 12.6 Å². The third-order valence-corrected chi connectivity index (χ3v) is 1.28. The van der Waals surface area contributed by atoms with Gasteiger partial charge in [0.25, 0.3) is 0 Å². The monoisotopic (exact) mass is 186 g/mol. The summed E-state index contributed by atoms with van der Waals surface area (Å²) in [5.41, 5.74) is 0.588. The Morgan fingerprint density at radius 1 is 1.55 bits per heavy atom. The average Bonchev–Trinajstić information content (AvgIpc) is 1.85. The predicted octanol–water partition coefficient (Wildman–Crippen LogP) is 2.07. The summed E-state index contributed by atoms with van der Waals surface area (Å²) in [4.78, 5) is 0. The van der Waals surface area contributed by atoms with E-state index >= 15 is 0 Å². The lowest BCUT2D eigenvalue weighted by molar-refractivity contribution is 0.628. The van der Waals surface area contributed by atoms with Crippen LogP contribution in [0.5, 0.6) is 0 Å². The van der Waals surface area contributed by atoms with Crippen molar-refractivity contribution in [1.29, 1.82) is 0 Å². The molecule has 0 atom stereocenters. The van der Waals surface area contributed by atoms with Crippen LogP contribution in [0.2, 0.25) is 0 Å². The van der Waals surface area contributed by atoms with Gasteiger partial charge in [-0.2, -0.15) is 0 Å². The highest BCUT2D eigenvalue weighted by Gasteiger charge is 1.90. The van der Waals surface area contributed by atoms with Crippen molar-refractivity contribution in [2.75, 3.05) is 5.32 Å². The van der Waals surface area contributed by atoms with Crippen LogP contribution >= 0.6 is 12.2 Å². The standard InChI is InChI=1S/C7H6FNS2/c8-5-2-1-3-6(4-5)9-7(10)11/h1-4H,(H2,9,10,11)/p-1. The molecular weight excluding hydrogens is 181 g/mol. The van der Waals surface area contributed by atoms with Crippen LogP contribution in [0.4, 0.5) is 10.1 Å². The SMILES string of the molecule is Fc1cccc(NC(=S)[S-])c1. The van der Waals surface area contributed by atoms with Crippen molar-refractivity contribution < 1.29 is 4.39 Å². The molecule has 1 rings (SSSR count). The number of nitrogens with one attached hydrogen (secondary N) is 1. The number of hydrogen-bond donors (Lipinski definition) is 1. The van der Waals surface area contributed by atoms with E-state index in [1.165, 1.54) is 12.1 Å². The molecule has 0 heterocycles. The minimum atomic E-state index is -0.304. The second-order valence-electron chi connectivity index (χ2n) is 1.92. The summed E-state index contributed by atoms with van der Waals surface area (Å²) < 4.78 is 12.7. The number of halogens is 1. The molecule has 0 radical (unpaired) electrons. The molecule has 58 valence electrons. The Morgan fingerprint density at radius 3 is 2.82 bits per heavy atom. The molecule has 1 N–H and O–H groups in total. The Balaban J connectivity index is 2.79. The molecule has 1 nitrogen and oxygen atoms in total. The Morgan fingerprint density at radius 2 is 2.27 bits per heavy atom. The molecule has 0 amide bonds. The first-order chi connectivity index (χ1) is 5.18. The van der Waals surface area contributed by atoms with Crippen LogP contribution in [0.25, 0.3) is 0 Å². The molecule has 0 bridgehead atoms. The van der Waals surface area contributed by atoms with Crippen molar-refractivity contribution in [2.45, 2.75) is 0 Å². The maximum absolute atomic E-state index is 12.5. The Kier molecular flexibility index (Phi) is 2.73. The first kappa shape index (κ1) is 8.36. The van der Waals surface area contributed by atoms with Gasteiger partial charge in [0.1, 0.15) is 5.82 Å². The number of benzene rings is 1. The summed E-state index contributed by atoms with van der Waals surface area (Å²) >= 11 is 9.20. The van der Waals surface area contributed by atoms with Crippen molar-refractivity contribution in [3.05, 3.63) is 30.1 Å². The number of hydrogen-bond acceptors (Lipinski definition) is 2. The quantitative estimate of drug-likeness (QED) is 0.532. The molecule has 0 spiro atoms. The van der Waals surface area contributed by atoms with E-state index in [1.54, 1.807) is 12.1 Å². The Hall–Kier alpha value is -0.740. The summed E-state index contributed by atoms with van der Waals surface area (Å²) in [6.07, 6.45) is 0. The maximum atomic E-state index is 12.5. The second-order valence-corrected chi connectivity index (χ2v) is 3.00. The predicted molar refractivity (Wildman–Crippen MR) is 50.0 cm³/mol. The molecule has 0 aliphatic heterocycles. The molecule has 0 aliphatic rings. The maximum Gasteiger partial charge on any atom is 0.125 e. The zero-order valence-electron chi connectivity index (χ0n) is 5.50. The fraction of sp³-hybridized carbons (Fsp3) is 0. The smallest absolute Gasteiger partial charge is 0.125 e. The summed E-state index contributed by atoms with van der Waals surface area (Å²) in [6.45, 7) is 0. The van der Waals surface area contributed by atoms with Gasteiger partial charge in [-0.25, -0.2) is 4.39 Å². The molecule has 0 aromatic heterocycles. The normalized spacial score (nSPS) is 9.18. The van der Waals surface area contributed by atoms with Crippen LogP contribution < -0.4 is 5.32 Å². The third kappa shape index (κ3) is 2.78. The summed E-state index contributed by atoms with van der Waals surface area (Å²) in [7, 11) is 0. The van der Waals surface area contributed by atoms with Gasteiger partial charge in [-0.15, -0.1) is 0 Å². The first-order valence-corrected chi connectivity index (χ1v) is 3.74. The molecular formula is C7H5FNS2-.